The number of nitrogens with zero attached hydrogens (tertiary/aromatic N) is 2. The zero-order valence-corrected chi connectivity index (χ0v) is 17.5. The molecule has 0 spiro atoms. The molecule has 0 aromatic heterocycles. The van der Waals surface area contributed by atoms with Gasteiger partial charge in [-0.3, -0.25) is 14.4 Å². The van der Waals surface area contributed by atoms with E-state index in [1.54, 1.807) is 21.9 Å². The molecule has 2 fully saturated rings. The fourth-order valence-electron chi connectivity index (χ4n) is 4.23. The Morgan fingerprint density at radius 1 is 1.07 bits per heavy atom. The van der Waals surface area contributed by atoms with Crippen LogP contribution in [0.4, 0.5) is 5.69 Å². The molecule has 1 N–H and O–H groups in total. The third-order valence-corrected chi connectivity index (χ3v) is 6.19. The normalized spacial score (nSPS) is 18.9. The predicted octanol–water partition coefficient (Wildman–Crippen LogP) is 3.28. The van der Waals surface area contributed by atoms with E-state index < -0.39 is 0 Å². The van der Waals surface area contributed by atoms with E-state index in [4.69, 9.17) is 0 Å². The molecule has 0 aliphatic carbocycles. The molecule has 6 nitrogen and oxygen atoms in total. The van der Waals surface area contributed by atoms with E-state index in [1.165, 1.54) is 0 Å². The monoisotopic (exact) mass is 405 g/mol. The highest BCUT2D eigenvalue weighted by atomic mass is 16.2. The Bertz CT molecular complexity index is 984. The van der Waals surface area contributed by atoms with E-state index in [0.29, 0.717) is 18.7 Å². The van der Waals surface area contributed by atoms with E-state index in [-0.39, 0.29) is 30.3 Å². The molecule has 156 valence electrons. The molecule has 2 saturated heterocycles. The van der Waals surface area contributed by atoms with Gasteiger partial charge in [0.15, 0.2) is 0 Å². The topological polar surface area (TPSA) is 69.7 Å². The minimum absolute atomic E-state index is 0.0313. The number of carbonyl (C=O) groups is 3. The van der Waals surface area contributed by atoms with Crippen LogP contribution in [0.15, 0.2) is 42.5 Å². The highest BCUT2D eigenvalue weighted by Crippen LogP contribution is 2.24. The molecule has 0 bridgehead atoms. The van der Waals surface area contributed by atoms with E-state index in [0.717, 1.165) is 41.6 Å². The molecular formula is C24H27N3O3. The van der Waals surface area contributed by atoms with Gasteiger partial charge >= 0.3 is 0 Å². The van der Waals surface area contributed by atoms with Crippen LogP contribution in [-0.4, -0.2) is 46.7 Å². The summed E-state index contributed by atoms with van der Waals surface area (Å²) >= 11 is 0. The molecule has 2 heterocycles. The molecule has 1 atom stereocenters. The lowest BCUT2D eigenvalue weighted by Gasteiger charge is -2.42. The van der Waals surface area contributed by atoms with Gasteiger partial charge in [0.25, 0.3) is 5.91 Å². The highest BCUT2D eigenvalue weighted by Gasteiger charge is 2.40. The largest absolute Gasteiger partial charge is 0.329 e. The van der Waals surface area contributed by atoms with Crippen LogP contribution in [0.1, 0.15) is 46.3 Å². The third kappa shape index (κ3) is 3.95. The molecular weight excluding hydrogens is 378 g/mol. The minimum atomic E-state index is -0.303. The number of fused-ring (bicyclic) bond motifs is 1. The summed E-state index contributed by atoms with van der Waals surface area (Å²) in [5.74, 6) is -0.104. The molecule has 2 aliphatic rings. The summed E-state index contributed by atoms with van der Waals surface area (Å²) in [6.07, 6.45) is 2.71. The van der Waals surface area contributed by atoms with Gasteiger partial charge in [0.05, 0.1) is 0 Å². The van der Waals surface area contributed by atoms with Gasteiger partial charge in [-0.05, 0) is 68.0 Å². The smallest absolute Gasteiger partial charge is 0.255 e. The Hall–Kier alpha value is -3.15. The van der Waals surface area contributed by atoms with Crippen molar-refractivity contribution in [3.63, 3.8) is 0 Å². The summed E-state index contributed by atoms with van der Waals surface area (Å²) in [5.41, 5.74) is 4.44. The van der Waals surface area contributed by atoms with E-state index in [9.17, 15) is 14.4 Å². The first-order valence-corrected chi connectivity index (χ1v) is 10.5. The Balaban J connectivity index is 1.42. The lowest BCUT2D eigenvalue weighted by molar-refractivity contribution is -0.158. The van der Waals surface area contributed by atoms with Crippen molar-refractivity contribution in [1.29, 1.82) is 0 Å². The number of amides is 3. The molecule has 6 heteroatoms. The standard InChI is InChI=1S/C24H27N3O3/c1-16-6-5-7-20(17(16)2)25-23(29)19-11-9-18(10-12-19)14-26-15-22(28)27-13-4-3-8-21(27)24(26)30/h5-7,9-12,21H,3-4,8,13-15H2,1-2H3,(H,25,29). The highest BCUT2D eigenvalue weighted by molar-refractivity contribution is 6.04. The number of rotatable bonds is 4. The second kappa shape index (κ2) is 8.30. The van der Waals surface area contributed by atoms with Gasteiger partial charge in [-0.1, -0.05) is 24.3 Å². The van der Waals surface area contributed by atoms with Gasteiger partial charge in [-0.2, -0.15) is 0 Å². The fraction of sp³-hybridized carbons (Fsp3) is 0.375. The van der Waals surface area contributed by atoms with Gasteiger partial charge in [0.2, 0.25) is 11.8 Å². The van der Waals surface area contributed by atoms with Crippen LogP contribution in [0, 0.1) is 13.8 Å². The van der Waals surface area contributed by atoms with E-state index in [1.807, 2.05) is 44.2 Å². The molecule has 4 rings (SSSR count). The average molecular weight is 405 g/mol. The van der Waals surface area contributed by atoms with Gasteiger partial charge < -0.3 is 15.1 Å². The van der Waals surface area contributed by atoms with Gasteiger partial charge in [0.1, 0.15) is 12.6 Å². The first-order valence-electron chi connectivity index (χ1n) is 10.5. The summed E-state index contributed by atoms with van der Waals surface area (Å²) in [5, 5.41) is 2.96. The van der Waals surface area contributed by atoms with Crippen LogP contribution >= 0.6 is 0 Å². The first kappa shape index (κ1) is 20.1. The number of nitrogens with one attached hydrogen (secondary N) is 1. The van der Waals surface area contributed by atoms with Crippen molar-refractivity contribution < 1.29 is 14.4 Å². The summed E-state index contributed by atoms with van der Waals surface area (Å²) in [7, 11) is 0. The molecule has 2 aliphatic heterocycles. The number of benzene rings is 2. The van der Waals surface area contributed by atoms with Crippen molar-refractivity contribution >= 4 is 23.4 Å². The summed E-state index contributed by atoms with van der Waals surface area (Å²) < 4.78 is 0. The zero-order chi connectivity index (χ0) is 21.3. The second-order valence-electron chi connectivity index (χ2n) is 8.19. The SMILES string of the molecule is Cc1cccc(NC(=O)c2ccc(CN3CC(=O)N4CCCCC4C3=O)cc2)c1C. The molecule has 3 amide bonds. The number of aryl methyl sites for hydroxylation is 1. The molecule has 2 aromatic rings. The first-order chi connectivity index (χ1) is 14.4. The van der Waals surface area contributed by atoms with Gasteiger partial charge in [-0.25, -0.2) is 0 Å². The number of hydrogen-bond acceptors (Lipinski definition) is 3. The van der Waals surface area contributed by atoms with Crippen LogP contribution < -0.4 is 5.32 Å². The number of piperazine rings is 1. The van der Waals surface area contributed by atoms with Crippen molar-refractivity contribution in [2.75, 3.05) is 18.4 Å². The minimum Gasteiger partial charge on any atom is -0.329 e. The summed E-state index contributed by atoms with van der Waals surface area (Å²) in [6.45, 7) is 5.20. The third-order valence-electron chi connectivity index (χ3n) is 6.19. The summed E-state index contributed by atoms with van der Waals surface area (Å²) in [6, 6.07) is 12.7. The molecule has 0 saturated carbocycles. The Labute approximate surface area is 176 Å². The predicted molar refractivity (Wildman–Crippen MR) is 115 cm³/mol. The van der Waals surface area contributed by atoms with Crippen molar-refractivity contribution in [2.45, 2.75) is 45.7 Å². The maximum absolute atomic E-state index is 12.8. The maximum Gasteiger partial charge on any atom is 0.255 e. The van der Waals surface area contributed by atoms with Crippen molar-refractivity contribution in [1.82, 2.24) is 9.80 Å². The number of anilines is 1. The quantitative estimate of drug-likeness (QED) is 0.849. The van der Waals surface area contributed by atoms with Crippen molar-refractivity contribution in [3.05, 3.63) is 64.7 Å². The van der Waals surface area contributed by atoms with Crippen LogP contribution in [-0.2, 0) is 16.1 Å². The molecule has 1 unspecified atom stereocenters. The lowest BCUT2D eigenvalue weighted by atomic mass is 9.98. The Morgan fingerprint density at radius 2 is 1.83 bits per heavy atom. The Morgan fingerprint density at radius 3 is 2.60 bits per heavy atom. The molecule has 0 radical (unpaired) electrons. The van der Waals surface area contributed by atoms with Crippen LogP contribution in [0.5, 0.6) is 0 Å². The fourth-order valence-corrected chi connectivity index (χ4v) is 4.23. The van der Waals surface area contributed by atoms with Crippen LogP contribution in [0.3, 0.4) is 0 Å². The van der Waals surface area contributed by atoms with Crippen molar-refractivity contribution in [2.24, 2.45) is 0 Å². The number of hydrogen-bond donors (Lipinski definition) is 1. The van der Waals surface area contributed by atoms with Crippen LogP contribution in [0.25, 0.3) is 0 Å². The van der Waals surface area contributed by atoms with Gasteiger partial charge in [0, 0.05) is 24.3 Å². The van der Waals surface area contributed by atoms with Gasteiger partial charge in [-0.15, -0.1) is 0 Å². The number of carbonyl (C=O) groups excluding carboxylic acids is 3. The Kier molecular flexibility index (Phi) is 5.57. The zero-order valence-electron chi connectivity index (χ0n) is 17.5. The van der Waals surface area contributed by atoms with E-state index >= 15 is 0 Å². The maximum atomic E-state index is 12.8. The average Bonchev–Trinajstić information content (AvgIpc) is 2.75. The summed E-state index contributed by atoms with van der Waals surface area (Å²) in [4.78, 5) is 41.2. The number of piperidine rings is 1. The second-order valence-corrected chi connectivity index (χ2v) is 8.19. The van der Waals surface area contributed by atoms with Crippen LogP contribution in [0.2, 0.25) is 0 Å². The van der Waals surface area contributed by atoms with Crippen molar-refractivity contribution in [3.8, 4) is 0 Å². The lowest BCUT2D eigenvalue weighted by Crippen LogP contribution is -2.60. The molecule has 2 aromatic carbocycles. The van der Waals surface area contributed by atoms with E-state index in [2.05, 4.69) is 5.32 Å². The molecule has 30 heavy (non-hydrogen) atoms.